The Kier molecular flexibility index (Phi) is 7.89. The summed E-state index contributed by atoms with van der Waals surface area (Å²) in [5.74, 6) is -0.0385. The van der Waals surface area contributed by atoms with E-state index in [0.29, 0.717) is 29.5 Å². The summed E-state index contributed by atoms with van der Waals surface area (Å²) in [6, 6.07) is 3.38. The highest BCUT2D eigenvalue weighted by Crippen LogP contribution is 2.31. The molecule has 23 heavy (non-hydrogen) atoms. The van der Waals surface area contributed by atoms with Crippen LogP contribution in [0.3, 0.4) is 0 Å². The Morgan fingerprint density at radius 3 is 2.35 bits per heavy atom. The van der Waals surface area contributed by atoms with E-state index in [0.717, 1.165) is 18.4 Å². The molecule has 0 heterocycles. The Balaban J connectivity index is 2.76. The highest BCUT2D eigenvalue weighted by Gasteiger charge is 2.17. The lowest BCUT2D eigenvalue weighted by Gasteiger charge is -2.21. The number of carbonyl (C=O) groups is 2. The molecule has 128 valence electrons. The number of methoxy groups -OCH3 is 1. The molecule has 0 bridgehead atoms. The molecule has 1 aromatic rings. The molecule has 0 unspecified atom stereocenters. The van der Waals surface area contributed by atoms with Crippen molar-refractivity contribution in [1.82, 2.24) is 4.90 Å². The summed E-state index contributed by atoms with van der Waals surface area (Å²) in [5, 5.41) is 3.29. The van der Waals surface area contributed by atoms with Gasteiger partial charge < -0.3 is 15.0 Å². The average molecular weight is 341 g/mol. The van der Waals surface area contributed by atoms with Crippen LogP contribution in [0.4, 0.5) is 5.69 Å². The third kappa shape index (κ3) is 5.75. The molecule has 1 N–H and O–H groups in total. The molecular weight excluding hydrogens is 316 g/mol. The van der Waals surface area contributed by atoms with Gasteiger partial charge in [0, 0.05) is 24.2 Å². The molecule has 0 radical (unpaired) electrons. The van der Waals surface area contributed by atoms with Crippen LogP contribution in [0.5, 0.6) is 5.75 Å². The third-order valence-corrected chi connectivity index (χ3v) is 3.81. The number of halogens is 1. The molecule has 1 rings (SSSR count). The van der Waals surface area contributed by atoms with E-state index in [4.69, 9.17) is 16.3 Å². The quantitative estimate of drug-likeness (QED) is 0.735. The summed E-state index contributed by atoms with van der Waals surface area (Å²) >= 11 is 6.04. The van der Waals surface area contributed by atoms with Crippen LogP contribution < -0.4 is 10.1 Å². The van der Waals surface area contributed by atoms with E-state index >= 15 is 0 Å². The molecule has 5 nitrogen and oxygen atoms in total. The number of hydrogen-bond donors (Lipinski definition) is 1. The first-order valence-corrected chi connectivity index (χ1v) is 8.22. The van der Waals surface area contributed by atoms with E-state index in [9.17, 15) is 9.59 Å². The summed E-state index contributed by atoms with van der Waals surface area (Å²) in [6.45, 7) is 7.20. The minimum Gasteiger partial charge on any atom is -0.495 e. The largest absolute Gasteiger partial charge is 0.495 e. The SMILES string of the molecule is CCCN(CCC)C(=O)CC(=O)Nc1cc(C)c(Cl)cc1OC. The van der Waals surface area contributed by atoms with Gasteiger partial charge >= 0.3 is 0 Å². The van der Waals surface area contributed by atoms with Gasteiger partial charge in [0.25, 0.3) is 0 Å². The number of rotatable bonds is 8. The summed E-state index contributed by atoms with van der Waals surface area (Å²) in [7, 11) is 1.51. The Morgan fingerprint density at radius 1 is 1.22 bits per heavy atom. The van der Waals surface area contributed by atoms with Crippen LogP contribution in [-0.4, -0.2) is 36.9 Å². The van der Waals surface area contributed by atoms with Crippen molar-refractivity contribution < 1.29 is 14.3 Å². The number of nitrogens with zero attached hydrogens (tertiary/aromatic N) is 1. The Morgan fingerprint density at radius 2 is 1.83 bits per heavy atom. The molecule has 0 saturated carbocycles. The van der Waals surface area contributed by atoms with E-state index in [1.165, 1.54) is 7.11 Å². The molecule has 1 aromatic carbocycles. The van der Waals surface area contributed by atoms with Crippen LogP contribution in [0.25, 0.3) is 0 Å². The molecule has 6 heteroatoms. The zero-order valence-electron chi connectivity index (χ0n) is 14.2. The molecule has 0 saturated heterocycles. The van der Waals surface area contributed by atoms with Gasteiger partial charge in [-0.25, -0.2) is 0 Å². The van der Waals surface area contributed by atoms with Crippen molar-refractivity contribution in [3.05, 3.63) is 22.7 Å². The predicted molar refractivity (Wildman–Crippen MR) is 93.1 cm³/mol. The fourth-order valence-corrected chi connectivity index (χ4v) is 2.43. The summed E-state index contributed by atoms with van der Waals surface area (Å²) in [4.78, 5) is 26.1. The van der Waals surface area contributed by atoms with Crippen molar-refractivity contribution in [2.24, 2.45) is 0 Å². The molecule has 0 aliphatic carbocycles. The standard InChI is InChI=1S/C17H25ClN2O3/c1-5-7-20(8-6-2)17(22)11-16(21)19-14-9-12(3)13(18)10-15(14)23-4/h9-10H,5-8,11H2,1-4H3,(H,19,21). The monoisotopic (exact) mass is 340 g/mol. The number of anilines is 1. The van der Waals surface area contributed by atoms with Gasteiger partial charge in [-0.3, -0.25) is 9.59 Å². The maximum atomic E-state index is 12.2. The number of benzene rings is 1. The number of amides is 2. The fraction of sp³-hybridized carbons (Fsp3) is 0.529. The van der Waals surface area contributed by atoms with E-state index in [1.54, 1.807) is 17.0 Å². The van der Waals surface area contributed by atoms with Gasteiger partial charge in [0.15, 0.2) is 0 Å². The Bertz CT molecular complexity index is 555. The number of aryl methyl sites for hydroxylation is 1. The van der Waals surface area contributed by atoms with E-state index < -0.39 is 0 Å². The molecule has 0 aromatic heterocycles. The average Bonchev–Trinajstić information content (AvgIpc) is 2.50. The van der Waals surface area contributed by atoms with Crippen molar-refractivity contribution in [3.63, 3.8) is 0 Å². The normalized spacial score (nSPS) is 10.3. The van der Waals surface area contributed by atoms with Gasteiger partial charge in [-0.2, -0.15) is 0 Å². The highest BCUT2D eigenvalue weighted by molar-refractivity contribution is 6.31. The minimum absolute atomic E-state index is 0.157. The van der Waals surface area contributed by atoms with Crippen molar-refractivity contribution in [2.75, 3.05) is 25.5 Å². The van der Waals surface area contributed by atoms with Gasteiger partial charge in [0.05, 0.1) is 12.8 Å². The van der Waals surface area contributed by atoms with E-state index in [-0.39, 0.29) is 18.2 Å². The van der Waals surface area contributed by atoms with Crippen LogP contribution in [-0.2, 0) is 9.59 Å². The lowest BCUT2D eigenvalue weighted by molar-refractivity contribution is -0.134. The summed E-state index contributed by atoms with van der Waals surface area (Å²) in [5.41, 5.74) is 1.34. The first-order chi connectivity index (χ1) is 10.9. The van der Waals surface area contributed by atoms with Crippen LogP contribution in [0.2, 0.25) is 5.02 Å². The number of hydrogen-bond acceptors (Lipinski definition) is 3. The third-order valence-electron chi connectivity index (χ3n) is 3.41. The van der Waals surface area contributed by atoms with E-state index in [2.05, 4.69) is 5.32 Å². The lowest BCUT2D eigenvalue weighted by Crippen LogP contribution is -2.35. The number of ether oxygens (including phenoxy) is 1. The zero-order valence-corrected chi connectivity index (χ0v) is 15.0. The molecular formula is C17H25ClN2O3. The van der Waals surface area contributed by atoms with Crippen molar-refractivity contribution in [3.8, 4) is 5.75 Å². The van der Waals surface area contributed by atoms with Crippen LogP contribution in [0, 0.1) is 6.92 Å². The number of nitrogens with one attached hydrogen (secondary N) is 1. The highest BCUT2D eigenvalue weighted by atomic mass is 35.5. The topological polar surface area (TPSA) is 58.6 Å². The van der Waals surface area contributed by atoms with Gasteiger partial charge in [0.2, 0.25) is 11.8 Å². The Labute approximate surface area is 142 Å². The van der Waals surface area contributed by atoms with E-state index in [1.807, 2.05) is 20.8 Å². The predicted octanol–water partition coefficient (Wildman–Crippen LogP) is 3.63. The Hall–Kier alpha value is -1.75. The van der Waals surface area contributed by atoms with Gasteiger partial charge in [-0.1, -0.05) is 25.4 Å². The fourth-order valence-electron chi connectivity index (χ4n) is 2.27. The molecule has 0 spiro atoms. The van der Waals surface area contributed by atoms with Crippen molar-refractivity contribution in [2.45, 2.75) is 40.0 Å². The molecule has 2 amide bonds. The number of carbonyl (C=O) groups excluding carboxylic acids is 2. The maximum absolute atomic E-state index is 12.2. The smallest absolute Gasteiger partial charge is 0.233 e. The summed E-state index contributed by atoms with van der Waals surface area (Å²) in [6.07, 6.45) is 1.57. The second kappa shape index (κ2) is 9.40. The molecule has 0 aliphatic rings. The minimum atomic E-state index is -0.354. The van der Waals surface area contributed by atoms with Crippen LogP contribution >= 0.6 is 11.6 Å². The first-order valence-electron chi connectivity index (χ1n) is 7.84. The van der Waals surface area contributed by atoms with Crippen LogP contribution in [0.15, 0.2) is 12.1 Å². The zero-order chi connectivity index (χ0) is 17.4. The second-order valence-electron chi connectivity index (χ2n) is 5.41. The lowest BCUT2D eigenvalue weighted by atomic mass is 10.2. The summed E-state index contributed by atoms with van der Waals surface area (Å²) < 4.78 is 5.22. The first kappa shape index (κ1) is 19.3. The molecule has 0 fully saturated rings. The molecule has 0 atom stereocenters. The van der Waals surface area contributed by atoms with Crippen molar-refractivity contribution in [1.29, 1.82) is 0 Å². The van der Waals surface area contributed by atoms with Crippen molar-refractivity contribution >= 4 is 29.1 Å². The van der Waals surface area contributed by atoms with Gasteiger partial charge in [-0.15, -0.1) is 0 Å². The van der Waals surface area contributed by atoms with Gasteiger partial charge in [-0.05, 0) is 31.4 Å². The van der Waals surface area contributed by atoms with Gasteiger partial charge in [0.1, 0.15) is 12.2 Å². The van der Waals surface area contributed by atoms with Crippen LogP contribution in [0.1, 0.15) is 38.7 Å². The molecule has 0 aliphatic heterocycles. The second-order valence-corrected chi connectivity index (χ2v) is 5.81. The maximum Gasteiger partial charge on any atom is 0.233 e.